The molecule has 0 aliphatic heterocycles. The second-order valence-electron chi connectivity index (χ2n) is 4.70. The van der Waals surface area contributed by atoms with E-state index in [1.807, 2.05) is 48.0 Å². The monoisotopic (exact) mass is 308 g/mol. The minimum absolute atomic E-state index is 0.787. The second kappa shape index (κ2) is 7.04. The molecule has 0 amide bonds. The van der Waals surface area contributed by atoms with Crippen LogP contribution >= 0.6 is 11.8 Å². The first-order chi connectivity index (χ1) is 10.8. The highest BCUT2D eigenvalue weighted by Crippen LogP contribution is 2.21. The summed E-state index contributed by atoms with van der Waals surface area (Å²) in [6.45, 7) is 0. The topological polar surface area (TPSA) is 43.6 Å². The van der Waals surface area contributed by atoms with E-state index < -0.39 is 0 Å². The Hall–Kier alpha value is -2.40. The second-order valence-corrected chi connectivity index (χ2v) is 5.69. The smallest absolute Gasteiger partial charge is 0.191 e. The number of thioether (sulfide) groups is 1. The van der Waals surface area contributed by atoms with Gasteiger partial charge in [0.2, 0.25) is 0 Å². The Morgan fingerprint density at radius 1 is 1.05 bits per heavy atom. The molecule has 0 bridgehead atoms. The molecule has 0 atom stereocenters. The van der Waals surface area contributed by atoms with Crippen LogP contribution in [0.15, 0.2) is 66.0 Å². The number of hydrogen-bond acceptors (Lipinski definition) is 4. The number of pyridine rings is 1. The molecule has 0 N–H and O–H groups in total. The number of nitrogens with zero attached hydrogens (tertiary/aromatic N) is 4. The number of hydrogen-bond donors (Lipinski definition) is 0. The van der Waals surface area contributed by atoms with Gasteiger partial charge in [-0.2, -0.15) is 0 Å². The molecule has 0 saturated carbocycles. The van der Waals surface area contributed by atoms with Crippen LogP contribution in [0.25, 0.3) is 17.6 Å². The van der Waals surface area contributed by atoms with Gasteiger partial charge in [0, 0.05) is 19.0 Å². The van der Waals surface area contributed by atoms with Crippen molar-refractivity contribution in [3.05, 3.63) is 66.4 Å². The Bertz CT molecular complexity index is 751. The number of benzene rings is 1. The van der Waals surface area contributed by atoms with E-state index in [1.165, 1.54) is 5.56 Å². The lowest BCUT2D eigenvalue weighted by Crippen LogP contribution is -1.96. The van der Waals surface area contributed by atoms with Crippen LogP contribution in [0.1, 0.15) is 5.56 Å². The summed E-state index contributed by atoms with van der Waals surface area (Å²) in [5.74, 6) is 1.64. The lowest BCUT2D eigenvalue weighted by molar-refractivity contribution is 0.793. The molecular weight excluding hydrogens is 292 g/mol. The Kier molecular flexibility index (Phi) is 4.65. The maximum atomic E-state index is 4.31. The van der Waals surface area contributed by atoms with E-state index in [1.54, 1.807) is 18.0 Å². The molecule has 0 saturated heterocycles. The summed E-state index contributed by atoms with van der Waals surface area (Å²) < 4.78 is 1.98. The molecule has 4 nitrogen and oxygen atoms in total. The molecule has 0 radical (unpaired) electrons. The van der Waals surface area contributed by atoms with E-state index in [-0.39, 0.29) is 0 Å². The van der Waals surface area contributed by atoms with Crippen LogP contribution < -0.4 is 0 Å². The van der Waals surface area contributed by atoms with E-state index in [4.69, 9.17) is 0 Å². The van der Waals surface area contributed by atoms with Gasteiger partial charge in [0.25, 0.3) is 0 Å². The summed E-state index contributed by atoms with van der Waals surface area (Å²) in [5.41, 5.74) is 2.04. The van der Waals surface area contributed by atoms with Crippen LogP contribution in [0, 0.1) is 0 Å². The normalized spacial score (nSPS) is 11.1. The van der Waals surface area contributed by atoms with Gasteiger partial charge >= 0.3 is 0 Å². The first kappa shape index (κ1) is 14.5. The first-order valence-electron chi connectivity index (χ1n) is 7.00. The van der Waals surface area contributed by atoms with Gasteiger partial charge in [-0.3, -0.25) is 4.98 Å². The third-order valence-corrected chi connectivity index (χ3v) is 4.12. The van der Waals surface area contributed by atoms with E-state index in [9.17, 15) is 0 Å². The molecule has 2 aromatic heterocycles. The molecule has 0 fully saturated rings. The van der Waals surface area contributed by atoms with Crippen molar-refractivity contribution < 1.29 is 0 Å². The fraction of sp³-hybridized carbons (Fsp3) is 0.118. The summed E-state index contributed by atoms with van der Waals surface area (Å²) >= 11 is 1.66. The van der Waals surface area contributed by atoms with Gasteiger partial charge in [0.1, 0.15) is 5.69 Å². The van der Waals surface area contributed by atoms with Gasteiger partial charge in [0.15, 0.2) is 11.0 Å². The average molecular weight is 308 g/mol. The molecule has 0 aliphatic rings. The SMILES string of the molecule is Cn1c(SC/C=C/c2ccccc2)nnc1-c1ccccn1. The highest BCUT2D eigenvalue weighted by Gasteiger charge is 2.10. The number of aromatic nitrogens is 4. The quantitative estimate of drug-likeness (QED) is 0.674. The van der Waals surface area contributed by atoms with Crippen molar-refractivity contribution in [2.75, 3.05) is 5.75 Å². The van der Waals surface area contributed by atoms with Crippen molar-refractivity contribution in [1.82, 2.24) is 19.7 Å². The first-order valence-corrected chi connectivity index (χ1v) is 7.98. The van der Waals surface area contributed by atoms with Crippen molar-refractivity contribution in [2.45, 2.75) is 5.16 Å². The van der Waals surface area contributed by atoms with Crippen molar-refractivity contribution in [2.24, 2.45) is 7.05 Å². The summed E-state index contributed by atoms with van der Waals surface area (Å²) in [6.07, 6.45) is 6.01. The van der Waals surface area contributed by atoms with E-state index in [0.29, 0.717) is 0 Å². The number of rotatable bonds is 5. The van der Waals surface area contributed by atoms with Crippen LogP contribution in [-0.4, -0.2) is 25.5 Å². The molecule has 0 aliphatic carbocycles. The minimum Gasteiger partial charge on any atom is -0.304 e. The van der Waals surface area contributed by atoms with E-state index >= 15 is 0 Å². The standard InChI is InChI=1S/C17H16N4S/c1-21-16(15-11-5-6-12-18-15)19-20-17(21)22-13-7-10-14-8-3-2-4-9-14/h2-12H,13H2,1H3/b10-7+. The van der Waals surface area contributed by atoms with Crippen molar-refractivity contribution in [3.8, 4) is 11.5 Å². The molecule has 3 rings (SSSR count). The molecule has 110 valence electrons. The largest absolute Gasteiger partial charge is 0.304 e. The van der Waals surface area contributed by atoms with Crippen LogP contribution in [0.5, 0.6) is 0 Å². The third kappa shape index (κ3) is 3.43. The van der Waals surface area contributed by atoms with Gasteiger partial charge in [-0.1, -0.05) is 60.3 Å². The predicted molar refractivity (Wildman–Crippen MR) is 90.4 cm³/mol. The maximum Gasteiger partial charge on any atom is 0.191 e. The lowest BCUT2D eigenvalue weighted by atomic mass is 10.2. The predicted octanol–water partition coefficient (Wildman–Crippen LogP) is 3.68. The Morgan fingerprint density at radius 2 is 1.86 bits per heavy atom. The van der Waals surface area contributed by atoms with Crippen molar-refractivity contribution in [1.29, 1.82) is 0 Å². The van der Waals surface area contributed by atoms with Crippen molar-refractivity contribution in [3.63, 3.8) is 0 Å². The fourth-order valence-electron chi connectivity index (χ4n) is 2.03. The summed E-state index contributed by atoms with van der Waals surface area (Å²) in [5, 5.41) is 9.35. The molecule has 2 heterocycles. The van der Waals surface area contributed by atoms with Gasteiger partial charge in [-0.15, -0.1) is 10.2 Å². The molecule has 5 heteroatoms. The summed E-state index contributed by atoms with van der Waals surface area (Å²) in [7, 11) is 1.97. The van der Waals surface area contributed by atoms with E-state index in [2.05, 4.69) is 39.5 Å². The molecule has 0 spiro atoms. The zero-order valence-corrected chi connectivity index (χ0v) is 13.1. The highest BCUT2D eigenvalue weighted by atomic mass is 32.2. The molecule has 3 aromatic rings. The summed E-state index contributed by atoms with van der Waals surface area (Å²) in [6, 6.07) is 16.0. The van der Waals surface area contributed by atoms with Gasteiger partial charge in [-0.05, 0) is 17.7 Å². The van der Waals surface area contributed by atoms with Crippen molar-refractivity contribution >= 4 is 17.8 Å². The van der Waals surface area contributed by atoms with Crippen LogP contribution in [0.4, 0.5) is 0 Å². The van der Waals surface area contributed by atoms with Gasteiger partial charge in [0.05, 0.1) is 0 Å². The Balaban J connectivity index is 1.65. The van der Waals surface area contributed by atoms with Gasteiger partial charge < -0.3 is 4.57 Å². The van der Waals surface area contributed by atoms with E-state index in [0.717, 1.165) is 22.4 Å². The van der Waals surface area contributed by atoms with Gasteiger partial charge in [-0.25, -0.2) is 0 Å². The average Bonchev–Trinajstić information content (AvgIpc) is 2.94. The van der Waals surface area contributed by atoms with Crippen LogP contribution in [0.2, 0.25) is 0 Å². The zero-order valence-electron chi connectivity index (χ0n) is 12.3. The molecule has 22 heavy (non-hydrogen) atoms. The third-order valence-electron chi connectivity index (χ3n) is 3.15. The molecule has 0 unspecified atom stereocenters. The Morgan fingerprint density at radius 3 is 2.64 bits per heavy atom. The molecule has 1 aromatic carbocycles. The van der Waals surface area contributed by atoms with Crippen LogP contribution in [0.3, 0.4) is 0 Å². The summed E-state index contributed by atoms with van der Waals surface area (Å²) in [4.78, 5) is 4.31. The lowest BCUT2D eigenvalue weighted by Gasteiger charge is -2.01. The Labute approximate surface area is 133 Å². The zero-order chi connectivity index (χ0) is 15.2. The van der Waals surface area contributed by atoms with Crippen LogP contribution in [-0.2, 0) is 7.05 Å². The fourth-order valence-corrected chi connectivity index (χ4v) is 2.75. The molecular formula is C17H16N4S. The maximum absolute atomic E-state index is 4.31. The minimum atomic E-state index is 0.787. The highest BCUT2D eigenvalue weighted by molar-refractivity contribution is 7.99.